The number of amides is 1. The minimum Gasteiger partial charge on any atom is -0.394 e. The van der Waals surface area contributed by atoms with Gasteiger partial charge >= 0.3 is 0 Å². The van der Waals surface area contributed by atoms with Crippen molar-refractivity contribution in [3.63, 3.8) is 0 Å². The molecule has 0 unspecified atom stereocenters. The van der Waals surface area contributed by atoms with Crippen molar-refractivity contribution in [3.8, 4) is 0 Å². The SMILES string of the molecule is O=C(NC1(CO)CCOCC1)C1CC=CC1. The number of nitrogens with one attached hydrogen (secondary N) is 1. The monoisotopic (exact) mass is 225 g/mol. The molecule has 2 N–H and O–H groups in total. The van der Waals surface area contributed by atoms with Crippen molar-refractivity contribution in [2.24, 2.45) is 5.92 Å². The zero-order valence-corrected chi connectivity index (χ0v) is 9.45. The molecular weight excluding hydrogens is 206 g/mol. The molecule has 0 spiro atoms. The Morgan fingerprint density at radius 1 is 1.38 bits per heavy atom. The third-order valence-corrected chi connectivity index (χ3v) is 3.52. The number of aliphatic hydroxyl groups is 1. The minimum atomic E-state index is -0.447. The number of rotatable bonds is 3. The summed E-state index contributed by atoms with van der Waals surface area (Å²) >= 11 is 0. The lowest BCUT2D eigenvalue weighted by atomic mass is 9.90. The van der Waals surface area contributed by atoms with Crippen LogP contribution in [0.1, 0.15) is 25.7 Å². The molecule has 1 aliphatic heterocycles. The highest BCUT2D eigenvalue weighted by Gasteiger charge is 2.35. The zero-order chi connectivity index (χ0) is 11.4. The molecule has 1 heterocycles. The third-order valence-electron chi connectivity index (χ3n) is 3.52. The van der Waals surface area contributed by atoms with E-state index in [-0.39, 0.29) is 18.4 Å². The van der Waals surface area contributed by atoms with E-state index in [1.807, 2.05) is 12.2 Å². The lowest BCUT2D eigenvalue weighted by Crippen LogP contribution is -2.55. The van der Waals surface area contributed by atoms with Crippen LogP contribution in [-0.4, -0.2) is 36.4 Å². The summed E-state index contributed by atoms with van der Waals surface area (Å²) in [6.45, 7) is 1.23. The first-order valence-electron chi connectivity index (χ1n) is 5.91. The van der Waals surface area contributed by atoms with Crippen LogP contribution < -0.4 is 5.32 Å². The highest BCUT2D eigenvalue weighted by molar-refractivity contribution is 5.80. The number of carbonyl (C=O) groups excluding carboxylic acids is 1. The molecule has 2 rings (SSSR count). The fourth-order valence-corrected chi connectivity index (χ4v) is 2.28. The topological polar surface area (TPSA) is 58.6 Å². The molecule has 0 saturated carbocycles. The van der Waals surface area contributed by atoms with Gasteiger partial charge in [0.25, 0.3) is 0 Å². The Labute approximate surface area is 95.7 Å². The summed E-state index contributed by atoms with van der Waals surface area (Å²) < 4.78 is 5.26. The van der Waals surface area contributed by atoms with Crippen LogP contribution in [0.3, 0.4) is 0 Å². The second-order valence-corrected chi connectivity index (χ2v) is 4.68. The molecule has 0 bridgehead atoms. The van der Waals surface area contributed by atoms with E-state index in [1.54, 1.807) is 0 Å². The molecule has 1 fully saturated rings. The maximum atomic E-state index is 12.0. The van der Waals surface area contributed by atoms with E-state index < -0.39 is 5.54 Å². The summed E-state index contributed by atoms with van der Waals surface area (Å²) in [6.07, 6.45) is 7.14. The molecule has 1 aliphatic carbocycles. The Morgan fingerprint density at radius 3 is 2.56 bits per heavy atom. The zero-order valence-electron chi connectivity index (χ0n) is 9.45. The standard InChI is InChI=1S/C12H19NO3/c14-9-12(5-7-16-8-6-12)13-11(15)10-3-1-2-4-10/h1-2,10,14H,3-9H2,(H,13,15). The predicted molar refractivity (Wildman–Crippen MR) is 59.9 cm³/mol. The van der Waals surface area contributed by atoms with Gasteiger partial charge in [-0.1, -0.05) is 12.2 Å². The van der Waals surface area contributed by atoms with Crippen molar-refractivity contribution in [2.75, 3.05) is 19.8 Å². The lowest BCUT2D eigenvalue weighted by molar-refractivity contribution is -0.128. The number of aliphatic hydroxyl groups excluding tert-OH is 1. The molecule has 90 valence electrons. The molecule has 4 heteroatoms. The van der Waals surface area contributed by atoms with Crippen LogP contribution in [0.25, 0.3) is 0 Å². The number of ether oxygens (including phenoxy) is 1. The van der Waals surface area contributed by atoms with Crippen molar-refractivity contribution >= 4 is 5.91 Å². The molecule has 0 atom stereocenters. The van der Waals surface area contributed by atoms with Crippen LogP contribution in [0, 0.1) is 5.92 Å². The van der Waals surface area contributed by atoms with E-state index >= 15 is 0 Å². The van der Waals surface area contributed by atoms with Crippen LogP contribution >= 0.6 is 0 Å². The fourth-order valence-electron chi connectivity index (χ4n) is 2.28. The van der Waals surface area contributed by atoms with Crippen molar-refractivity contribution in [3.05, 3.63) is 12.2 Å². The quantitative estimate of drug-likeness (QED) is 0.692. The first kappa shape index (κ1) is 11.6. The van der Waals surface area contributed by atoms with Crippen LogP contribution in [0.15, 0.2) is 12.2 Å². The minimum absolute atomic E-state index is 0.00223. The van der Waals surface area contributed by atoms with Gasteiger partial charge in [0.05, 0.1) is 12.1 Å². The molecule has 0 aromatic carbocycles. The molecule has 1 amide bonds. The Hall–Kier alpha value is -0.870. The molecule has 0 aromatic heterocycles. The third kappa shape index (κ3) is 2.44. The summed E-state index contributed by atoms with van der Waals surface area (Å²) in [7, 11) is 0. The Bertz CT molecular complexity index is 274. The van der Waals surface area contributed by atoms with Gasteiger partial charge in [0, 0.05) is 19.1 Å². The van der Waals surface area contributed by atoms with Gasteiger partial charge in [0.15, 0.2) is 0 Å². The fraction of sp³-hybridized carbons (Fsp3) is 0.750. The summed E-state index contributed by atoms with van der Waals surface area (Å²) in [5.74, 6) is 0.132. The van der Waals surface area contributed by atoms with Gasteiger partial charge in [-0.25, -0.2) is 0 Å². The first-order valence-corrected chi connectivity index (χ1v) is 5.91. The summed E-state index contributed by atoms with van der Waals surface area (Å²) in [4.78, 5) is 12.0. The second kappa shape index (κ2) is 4.97. The summed E-state index contributed by atoms with van der Waals surface area (Å²) in [5, 5.41) is 12.5. The summed E-state index contributed by atoms with van der Waals surface area (Å²) in [5.41, 5.74) is -0.447. The Morgan fingerprint density at radius 2 is 2.00 bits per heavy atom. The lowest BCUT2D eigenvalue weighted by Gasteiger charge is -2.37. The summed E-state index contributed by atoms with van der Waals surface area (Å²) in [6, 6.07) is 0. The largest absolute Gasteiger partial charge is 0.394 e. The average Bonchev–Trinajstić information content (AvgIpc) is 2.84. The van der Waals surface area contributed by atoms with Gasteiger partial charge in [-0.3, -0.25) is 4.79 Å². The average molecular weight is 225 g/mol. The molecule has 0 radical (unpaired) electrons. The van der Waals surface area contributed by atoms with Gasteiger partial charge in [-0.2, -0.15) is 0 Å². The molecule has 16 heavy (non-hydrogen) atoms. The van der Waals surface area contributed by atoms with Crippen LogP contribution in [0.5, 0.6) is 0 Å². The molecule has 1 saturated heterocycles. The molecule has 0 aromatic rings. The number of hydrogen-bond donors (Lipinski definition) is 2. The van der Waals surface area contributed by atoms with Crippen LogP contribution in [0.2, 0.25) is 0 Å². The maximum Gasteiger partial charge on any atom is 0.224 e. The van der Waals surface area contributed by atoms with Gasteiger partial charge in [0.1, 0.15) is 0 Å². The Balaban J connectivity index is 1.92. The maximum absolute atomic E-state index is 12.0. The Kier molecular flexibility index (Phi) is 3.61. The van der Waals surface area contributed by atoms with Crippen LogP contribution in [-0.2, 0) is 9.53 Å². The molecule has 2 aliphatic rings. The van der Waals surface area contributed by atoms with Gasteiger partial charge in [0.2, 0.25) is 5.91 Å². The highest BCUT2D eigenvalue weighted by atomic mass is 16.5. The highest BCUT2D eigenvalue weighted by Crippen LogP contribution is 2.23. The van der Waals surface area contributed by atoms with Gasteiger partial charge < -0.3 is 15.2 Å². The smallest absolute Gasteiger partial charge is 0.224 e. The van der Waals surface area contributed by atoms with Gasteiger partial charge in [-0.05, 0) is 25.7 Å². The number of allylic oxidation sites excluding steroid dienone is 2. The van der Waals surface area contributed by atoms with Crippen molar-refractivity contribution < 1.29 is 14.6 Å². The predicted octanol–water partition coefficient (Wildman–Crippen LogP) is 0.610. The van der Waals surface area contributed by atoms with Gasteiger partial charge in [-0.15, -0.1) is 0 Å². The van der Waals surface area contributed by atoms with E-state index in [2.05, 4.69) is 5.32 Å². The van der Waals surface area contributed by atoms with E-state index in [0.717, 1.165) is 12.8 Å². The normalized spacial score (nSPS) is 24.6. The van der Waals surface area contributed by atoms with E-state index in [0.29, 0.717) is 26.1 Å². The number of carbonyl (C=O) groups is 1. The second-order valence-electron chi connectivity index (χ2n) is 4.68. The van der Waals surface area contributed by atoms with E-state index in [1.165, 1.54) is 0 Å². The molecular formula is C12H19NO3. The molecule has 4 nitrogen and oxygen atoms in total. The van der Waals surface area contributed by atoms with Crippen LogP contribution in [0.4, 0.5) is 0 Å². The van der Waals surface area contributed by atoms with E-state index in [9.17, 15) is 9.90 Å². The first-order chi connectivity index (χ1) is 7.76. The van der Waals surface area contributed by atoms with E-state index in [4.69, 9.17) is 4.74 Å². The van der Waals surface area contributed by atoms with Crippen molar-refractivity contribution in [1.82, 2.24) is 5.32 Å². The van der Waals surface area contributed by atoms with Crippen molar-refractivity contribution in [2.45, 2.75) is 31.2 Å². The van der Waals surface area contributed by atoms with Crippen molar-refractivity contribution in [1.29, 1.82) is 0 Å². The number of hydrogen-bond acceptors (Lipinski definition) is 3.